The fourth-order valence-corrected chi connectivity index (χ4v) is 7.15. The third-order valence-corrected chi connectivity index (χ3v) is 9.51. The minimum absolute atomic E-state index is 0.825. The highest BCUT2D eigenvalue weighted by molar-refractivity contribution is 6.02. The summed E-state index contributed by atoms with van der Waals surface area (Å²) in [5.74, 6) is 1.67. The van der Waals surface area contributed by atoms with Crippen molar-refractivity contribution in [3.63, 3.8) is 0 Å². The van der Waals surface area contributed by atoms with Crippen LogP contribution >= 0.6 is 0 Å². The van der Waals surface area contributed by atoms with Crippen LogP contribution in [0.4, 0.5) is 17.1 Å². The molecule has 8 aromatic rings. The lowest BCUT2D eigenvalue weighted by Gasteiger charge is -2.29. The minimum Gasteiger partial charge on any atom is -0.456 e. The first-order chi connectivity index (χ1) is 24.8. The predicted octanol–water partition coefficient (Wildman–Crippen LogP) is 13.6. The molecular weight excluding hydrogens is 607 g/mol. The molecule has 2 heteroatoms. The summed E-state index contributed by atoms with van der Waals surface area (Å²) in [6.07, 6.45) is 0. The molecule has 9 rings (SSSR count). The molecule has 0 saturated heterocycles. The Balaban J connectivity index is 1.24. The summed E-state index contributed by atoms with van der Waals surface area (Å²) >= 11 is 0. The van der Waals surface area contributed by atoms with Gasteiger partial charge in [-0.25, -0.2) is 0 Å². The Kier molecular flexibility index (Phi) is 7.53. The Morgan fingerprint density at radius 3 is 1.22 bits per heavy atom. The molecule has 0 aromatic heterocycles. The molecular formula is C48H33NO. The number of hydrogen-bond donors (Lipinski definition) is 0. The van der Waals surface area contributed by atoms with Gasteiger partial charge in [0, 0.05) is 22.5 Å². The molecule has 0 atom stereocenters. The van der Waals surface area contributed by atoms with E-state index in [1.165, 1.54) is 22.3 Å². The van der Waals surface area contributed by atoms with Gasteiger partial charge in [0.1, 0.15) is 11.5 Å². The first-order valence-electron chi connectivity index (χ1n) is 17.0. The summed E-state index contributed by atoms with van der Waals surface area (Å²) in [5, 5.41) is 0. The maximum atomic E-state index is 6.94. The van der Waals surface area contributed by atoms with Crippen molar-refractivity contribution in [2.45, 2.75) is 0 Å². The fourth-order valence-electron chi connectivity index (χ4n) is 7.15. The normalized spacial score (nSPS) is 11.4. The molecule has 1 aliphatic heterocycles. The van der Waals surface area contributed by atoms with E-state index in [0.717, 1.165) is 61.9 Å². The van der Waals surface area contributed by atoms with Crippen molar-refractivity contribution in [3.8, 4) is 67.1 Å². The van der Waals surface area contributed by atoms with Gasteiger partial charge in [0.2, 0.25) is 0 Å². The third kappa shape index (κ3) is 5.34. The number of rotatable bonds is 6. The van der Waals surface area contributed by atoms with Gasteiger partial charge in [0.15, 0.2) is 0 Å². The molecule has 8 aromatic carbocycles. The highest BCUT2D eigenvalue weighted by atomic mass is 16.5. The molecule has 0 saturated carbocycles. The zero-order chi connectivity index (χ0) is 33.3. The Bertz CT molecular complexity index is 2330. The quantitative estimate of drug-likeness (QED) is 0.179. The smallest absolute Gasteiger partial charge is 0.137 e. The van der Waals surface area contributed by atoms with E-state index in [4.69, 9.17) is 4.74 Å². The van der Waals surface area contributed by atoms with E-state index in [1.54, 1.807) is 0 Å². The number of benzene rings is 8. The Hall–Kier alpha value is -6.64. The van der Waals surface area contributed by atoms with E-state index in [2.05, 4.69) is 205 Å². The molecule has 50 heavy (non-hydrogen) atoms. The zero-order valence-electron chi connectivity index (χ0n) is 27.4. The molecule has 0 bridgehead atoms. The van der Waals surface area contributed by atoms with Crippen LogP contribution in [0.1, 0.15) is 0 Å². The summed E-state index contributed by atoms with van der Waals surface area (Å²) in [7, 11) is 0. The minimum atomic E-state index is 0.825. The van der Waals surface area contributed by atoms with E-state index in [-0.39, 0.29) is 0 Å². The molecule has 0 N–H and O–H groups in total. The molecule has 236 valence electrons. The zero-order valence-corrected chi connectivity index (χ0v) is 27.4. The molecule has 0 amide bonds. The first kappa shape index (κ1) is 29.5. The summed E-state index contributed by atoms with van der Waals surface area (Å²) < 4.78 is 6.94. The molecule has 2 nitrogen and oxygen atoms in total. The topological polar surface area (TPSA) is 12.5 Å². The average molecular weight is 640 g/mol. The maximum absolute atomic E-state index is 6.94. The van der Waals surface area contributed by atoms with Gasteiger partial charge >= 0.3 is 0 Å². The SMILES string of the molecule is c1ccc(-c2ccc(N(c3ccc(-c4ccccc4)cc3)c3cccc4c3-c3ccccc3-c3c(cccc3-c3ccccc3)O4)cc2)cc1. The van der Waals surface area contributed by atoms with E-state index >= 15 is 0 Å². The van der Waals surface area contributed by atoms with Gasteiger partial charge in [-0.1, -0.05) is 158 Å². The van der Waals surface area contributed by atoms with Gasteiger partial charge in [-0.3, -0.25) is 0 Å². The van der Waals surface area contributed by atoms with E-state index in [0.29, 0.717) is 0 Å². The summed E-state index contributed by atoms with van der Waals surface area (Å²) in [5.41, 5.74) is 14.7. The fraction of sp³-hybridized carbons (Fsp3) is 0. The van der Waals surface area contributed by atoms with Gasteiger partial charge in [-0.15, -0.1) is 0 Å². The number of fused-ring (bicyclic) bond motifs is 5. The van der Waals surface area contributed by atoms with Crippen molar-refractivity contribution in [3.05, 3.63) is 200 Å². The van der Waals surface area contributed by atoms with Crippen LogP contribution in [0.25, 0.3) is 55.6 Å². The van der Waals surface area contributed by atoms with Crippen LogP contribution in [0.15, 0.2) is 200 Å². The van der Waals surface area contributed by atoms with Crippen molar-refractivity contribution in [2.75, 3.05) is 4.90 Å². The molecule has 0 fully saturated rings. The van der Waals surface area contributed by atoms with E-state index in [1.807, 2.05) is 0 Å². The number of ether oxygens (including phenoxy) is 1. The second kappa shape index (κ2) is 12.8. The maximum Gasteiger partial charge on any atom is 0.137 e. The molecule has 1 heterocycles. The van der Waals surface area contributed by atoms with Crippen molar-refractivity contribution in [1.29, 1.82) is 0 Å². The number of nitrogens with zero attached hydrogens (tertiary/aromatic N) is 1. The van der Waals surface area contributed by atoms with Crippen LogP contribution in [-0.2, 0) is 0 Å². The third-order valence-electron chi connectivity index (χ3n) is 9.51. The Morgan fingerprint density at radius 2 is 0.680 bits per heavy atom. The average Bonchev–Trinajstić information content (AvgIpc) is 3.34. The molecule has 1 aliphatic rings. The highest BCUT2D eigenvalue weighted by Gasteiger charge is 2.28. The van der Waals surface area contributed by atoms with Gasteiger partial charge in [-0.2, -0.15) is 0 Å². The Labute approximate surface area is 293 Å². The van der Waals surface area contributed by atoms with Gasteiger partial charge in [0.25, 0.3) is 0 Å². The lowest BCUT2D eigenvalue weighted by Crippen LogP contribution is -2.11. The lowest BCUT2D eigenvalue weighted by atomic mass is 9.88. The molecule has 0 spiro atoms. The van der Waals surface area contributed by atoms with Crippen LogP contribution < -0.4 is 9.64 Å². The number of hydrogen-bond acceptors (Lipinski definition) is 2. The standard InChI is InChI=1S/C48H33NO/c1-4-14-34(15-5-1)36-26-30-39(31-27-36)49(40-32-28-37(29-33-40)35-16-6-2-7-17-35)44-23-13-25-46-48(44)43-21-11-10-20-42(43)47-41(22-12-24-45(47)50-46)38-18-8-3-9-19-38/h1-33H. The van der Waals surface area contributed by atoms with Crippen LogP contribution in [0.2, 0.25) is 0 Å². The Morgan fingerprint density at radius 1 is 0.280 bits per heavy atom. The van der Waals surface area contributed by atoms with Crippen LogP contribution in [0, 0.1) is 0 Å². The van der Waals surface area contributed by atoms with Gasteiger partial charge < -0.3 is 9.64 Å². The van der Waals surface area contributed by atoms with Gasteiger partial charge in [-0.05, 0) is 87.0 Å². The van der Waals surface area contributed by atoms with Crippen LogP contribution in [0.3, 0.4) is 0 Å². The van der Waals surface area contributed by atoms with Gasteiger partial charge in [0.05, 0.1) is 5.69 Å². The van der Waals surface area contributed by atoms with Crippen molar-refractivity contribution in [2.24, 2.45) is 0 Å². The van der Waals surface area contributed by atoms with Crippen molar-refractivity contribution in [1.82, 2.24) is 0 Å². The largest absolute Gasteiger partial charge is 0.456 e. The summed E-state index contributed by atoms with van der Waals surface area (Å²) in [4.78, 5) is 2.36. The van der Waals surface area contributed by atoms with Crippen molar-refractivity contribution >= 4 is 17.1 Å². The van der Waals surface area contributed by atoms with Crippen LogP contribution in [-0.4, -0.2) is 0 Å². The monoisotopic (exact) mass is 639 g/mol. The summed E-state index contributed by atoms with van der Waals surface area (Å²) in [6.45, 7) is 0. The lowest BCUT2D eigenvalue weighted by molar-refractivity contribution is 0.488. The molecule has 0 aliphatic carbocycles. The second-order valence-corrected chi connectivity index (χ2v) is 12.5. The first-order valence-corrected chi connectivity index (χ1v) is 17.0. The van der Waals surface area contributed by atoms with E-state index < -0.39 is 0 Å². The number of anilines is 3. The van der Waals surface area contributed by atoms with Crippen molar-refractivity contribution < 1.29 is 4.74 Å². The summed E-state index contributed by atoms with van der Waals surface area (Å²) in [6, 6.07) is 70.9. The molecule has 0 unspecified atom stereocenters. The highest BCUT2D eigenvalue weighted by Crippen LogP contribution is 2.54. The second-order valence-electron chi connectivity index (χ2n) is 12.5. The van der Waals surface area contributed by atoms with Crippen LogP contribution in [0.5, 0.6) is 11.5 Å². The molecule has 0 radical (unpaired) electrons. The van der Waals surface area contributed by atoms with E-state index in [9.17, 15) is 0 Å². The predicted molar refractivity (Wildman–Crippen MR) is 208 cm³/mol.